The van der Waals surface area contributed by atoms with Crippen LogP contribution < -0.4 is 0 Å². The molecule has 3 aromatic rings. The molecule has 7 heteroatoms. The van der Waals surface area contributed by atoms with Crippen molar-refractivity contribution in [3.05, 3.63) is 76.9 Å². The molecule has 1 aromatic heterocycles. The van der Waals surface area contributed by atoms with Crippen molar-refractivity contribution in [1.29, 1.82) is 0 Å². The van der Waals surface area contributed by atoms with Crippen molar-refractivity contribution in [3.8, 4) is 11.5 Å². The van der Waals surface area contributed by atoms with E-state index >= 15 is 0 Å². The number of aromatic nitrogens is 1. The monoisotopic (exact) mass is 399 g/mol. The van der Waals surface area contributed by atoms with Gasteiger partial charge in [-0.3, -0.25) is 9.69 Å². The quantitative estimate of drug-likeness (QED) is 0.663. The number of piperazine rings is 1. The Kier molecular flexibility index (Phi) is 5.41. The largest absolute Gasteiger partial charge is 0.444 e. The number of hydrogen-bond acceptors (Lipinski definition) is 4. The molecule has 5 nitrogen and oxygen atoms in total. The van der Waals surface area contributed by atoms with Crippen molar-refractivity contribution in [1.82, 2.24) is 14.8 Å². The van der Waals surface area contributed by atoms with Crippen LogP contribution in [0.4, 0.5) is 4.39 Å². The third-order valence-electron chi connectivity index (χ3n) is 4.74. The highest BCUT2D eigenvalue weighted by Gasteiger charge is 2.23. The number of oxazole rings is 1. The van der Waals surface area contributed by atoms with E-state index in [0.717, 1.165) is 18.8 Å². The molecule has 0 saturated carbocycles. The lowest BCUT2D eigenvalue weighted by Crippen LogP contribution is -2.48. The van der Waals surface area contributed by atoms with Crippen LogP contribution in [0.3, 0.4) is 0 Å². The van der Waals surface area contributed by atoms with Gasteiger partial charge in [0.25, 0.3) is 5.91 Å². The molecular formula is C21H19ClFN3O2. The Labute approximate surface area is 167 Å². The summed E-state index contributed by atoms with van der Waals surface area (Å²) in [6.07, 6.45) is 1.60. The second-order valence-electron chi connectivity index (χ2n) is 6.73. The molecule has 0 spiro atoms. The normalized spacial score (nSPS) is 15.0. The Morgan fingerprint density at radius 3 is 2.64 bits per heavy atom. The summed E-state index contributed by atoms with van der Waals surface area (Å²) in [5, 5.41) is 0.560. The van der Waals surface area contributed by atoms with E-state index in [0.29, 0.717) is 41.7 Å². The summed E-state index contributed by atoms with van der Waals surface area (Å²) in [5.74, 6) is 0.0824. The molecule has 1 saturated heterocycles. The number of halogens is 2. The molecule has 0 bridgehead atoms. The first kappa shape index (κ1) is 18.7. The minimum atomic E-state index is -0.322. The fourth-order valence-electron chi connectivity index (χ4n) is 3.28. The van der Waals surface area contributed by atoms with Gasteiger partial charge < -0.3 is 9.32 Å². The van der Waals surface area contributed by atoms with Crippen molar-refractivity contribution >= 4 is 17.5 Å². The number of nitrogens with zero attached hydrogens (tertiary/aromatic N) is 3. The van der Waals surface area contributed by atoms with Crippen LogP contribution in [0.1, 0.15) is 16.1 Å². The van der Waals surface area contributed by atoms with E-state index in [9.17, 15) is 9.18 Å². The Balaban J connectivity index is 1.34. The Morgan fingerprint density at radius 1 is 1.11 bits per heavy atom. The van der Waals surface area contributed by atoms with Gasteiger partial charge >= 0.3 is 0 Å². The van der Waals surface area contributed by atoms with Gasteiger partial charge in [-0.05, 0) is 36.4 Å². The zero-order valence-corrected chi connectivity index (χ0v) is 15.9. The number of benzene rings is 2. The lowest BCUT2D eigenvalue weighted by molar-refractivity contribution is 0.0627. The van der Waals surface area contributed by atoms with Crippen LogP contribution in [-0.4, -0.2) is 46.9 Å². The Hall–Kier alpha value is -2.70. The van der Waals surface area contributed by atoms with E-state index in [-0.39, 0.29) is 11.7 Å². The molecule has 0 N–H and O–H groups in total. The summed E-state index contributed by atoms with van der Waals surface area (Å²) >= 11 is 5.98. The number of hydrogen-bond donors (Lipinski definition) is 0. The lowest BCUT2D eigenvalue weighted by atomic mass is 10.2. The maximum absolute atomic E-state index is 13.4. The van der Waals surface area contributed by atoms with E-state index in [4.69, 9.17) is 16.0 Å². The lowest BCUT2D eigenvalue weighted by Gasteiger charge is -2.34. The molecule has 0 unspecified atom stereocenters. The standard InChI is InChI=1S/C21H19ClFN3O2/c22-17-5-1-4-16(11-17)21(27)26-9-7-25(8-10-26)13-19-14-28-20(24-19)15-3-2-6-18(23)12-15/h1-6,11-12,14H,7-10,13H2. The van der Waals surface area contributed by atoms with Crippen molar-refractivity contribution in [2.24, 2.45) is 0 Å². The fourth-order valence-corrected chi connectivity index (χ4v) is 3.47. The average Bonchev–Trinajstić information content (AvgIpc) is 3.17. The van der Waals surface area contributed by atoms with Gasteiger partial charge in [0.05, 0.1) is 5.69 Å². The predicted octanol–water partition coefficient (Wildman–Crippen LogP) is 4.09. The van der Waals surface area contributed by atoms with E-state index in [1.807, 2.05) is 4.90 Å². The maximum Gasteiger partial charge on any atom is 0.253 e. The minimum Gasteiger partial charge on any atom is -0.444 e. The maximum atomic E-state index is 13.4. The van der Waals surface area contributed by atoms with Crippen molar-refractivity contribution in [2.75, 3.05) is 26.2 Å². The highest BCUT2D eigenvalue weighted by molar-refractivity contribution is 6.30. The predicted molar refractivity (Wildman–Crippen MR) is 105 cm³/mol. The third-order valence-corrected chi connectivity index (χ3v) is 4.98. The van der Waals surface area contributed by atoms with Crippen LogP contribution >= 0.6 is 11.6 Å². The number of carbonyl (C=O) groups is 1. The first-order valence-electron chi connectivity index (χ1n) is 9.06. The van der Waals surface area contributed by atoms with Gasteiger partial charge in [-0.25, -0.2) is 9.37 Å². The third kappa shape index (κ3) is 4.24. The van der Waals surface area contributed by atoms with Crippen molar-refractivity contribution < 1.29 is 13.6 Å². The fraction of sp³-hybridized carbons (Fsp3) is 0.238. The Morgan fingerprint density at radius 2 is 1.89 bits per heavy atom. The molecule has 2 heterocycles. The topological polar surface area (TPSA) is 49.6 Å². The van der Waals surface area contributed by atoms with Gasteiger partial charge in [-0.1, -0.05) is 23.7 Å². The Bertz CT molecular complexity index is 983. The molecular weight excluding hydrogens is 381 g/mol. The van der Waals surface area contributed by atoms with Gasteiger partial charge in [0.1, 0.15) is 12.1 Å². The van der Waals surface area contributed by atoms with Crippen LogP contribution in [0.2, 0.25) is 5.02 Å². The smallest absolute Gasteiger partial charge is 0.253 e. The van der Waals surface area contributed by atoms with Gasteiger partial charge in [0.2, 0.25) is 5.89 Å². The van der Waals surface area contributed by atoms with Gasteiger partial charge in [0.15, 0.2) is 0 Å². The molecule has 144 valence electrons. The molecule has 1 fully saturated rings. The SMILES string of the molecule is O=C(c1cccc(Cl)c1)N1CCN(Cc2coc(-c3cccc(F)c3)n2)CC1. The second-order valence-corrected chi connectivity index (χ2v) is 7.17. The van der Waals surface area contributed by atoms with E-state index in [2.05, 4.69) is 9.88 Å². The van der Waals surface area contributed by atoms with Gasteiger partial charge in [0, 0.05) is 48.9 Å². The van der Waals surface area contributed by atoms with Crippen LogP contribution in [0.25, 0.3) is 11.5 Å². The minimum absolute atomic E-state index is 0.00280. The van der Waals surface area contributed by atoms with Gasteiger partial charge in [-0.2, -0.15) is 0 Å². The number of amides is 1. The van der Waals surface area contributed by atoms with E-state index in [1.165, 1.54) is 12.1 Å². The molecule has 1 amide bonds. The van der Waals surface area contributed by atoms with E-state index < -0.39 is 0 Å². The molecule has 0 atom stereocenters. The highest BCUT2D eigenvalue weighted by atomic mass is 35.5. The van der Waals surface area contributed by atoms with Crippen LogP contribution in [0, 0.1) is 5.82 Å². The first-order chi connectivity index (χ1) is 13.6. The highest BCUT2D eigenvalue weighted by Crippen LogP contribution is 2.20. The summed E-state index contributed by atoms with van der Waals surface area (Å²) in [4.78, 5) is 21.1. The summed E-state index contributed by atoms with van der Waals surface area (Å²) in [7, 11) is 0. The zero-order valence-electron chi connectivity index (χ0n) is 15.1. The molecule has 1 aliphatic heterocycles. The zero-order chi connectivity index (χ0) is 19.5. The summed E-state index contributed by atoms with van der Waals surface area (Å²) in [5.41, 5.74) is 2.01. The van der Waals surface area contributed by atoms with Crippen LogP contribution in [0.5, 0.6) is 0 Å². The molecule has 0 radical (unpaired) electrons. The van der Waals surface area contributed by atoms with Crippen molar-refractivity contribution in [2.45, 2.75) is 6.54 Å². The van der Waals surface area contributed by atoms with E-state index in [1.54, 1.807) is 42.7 Å². The molecule has 1 aliphatic rings. The average molecular weight is 400 g/mol. The molecule has 2 aromatic carbocycles. The van der Waals surface area contributed by atoms with Crippen molar-refractivity contribution in [3.63, 3.8) is 0 Å². The molecule has 0 aliphatic carbocycles. The number of rotatable bonds is 4. The summed E-state index contributed by atoms with van der Waals surface area (Å²) < 4.78 is 18.9. The second kappa shape index (κ2) is 8.12. The summed E-state index contributed by atoms with van der Waals surface area (Å²) in [6, 6.07) is 13.2. The van der Waals surface area contributed by atoms with Crippen LogP contribution in [0.15, 0.2) is 59.2 Å². The molecule has 28 heavy (non-hydrogen) atoms. The van der Waals surface area contributed by atoms with Gasteiger partial charge in [-0.15, -0.1) is 0 Å². The van der Waals surface area contributed by atoms with Crippen LogP contribution in [-0.2, 0) is 6.54 Å². The number of carbonyl (C=O) groups excluding carboxylic acids is 1. The summed E-state index contributed by atoms with van der Waals surface area (Å²) in [6.45, 7) is 3.39. The molecule has 4 rings (SSSR count). The first-order valence-corrected chi connectivity index (χ1v) is 9.44.